The summed E-state index contributed by atoms with van der Waals surface area (Å²) in [5, 5.41) is 0.535. The Bertz CT molecular complexity index is 1200. The molecule has 0 spiro atoms. The quantitative estimate of drug-likeness (QED) is 0.559. The number of para-hydroxylation sites is 1. The molecule has 1 aromatic heterocycles. The maximum atomic E-state index is 13.3. The van der Waals surface area contributed by atoms with Crippen molar-refractivity contribution in [2.75, 3.05) is 0 Å². The molecule has 0 aliphatic carbocycles. The van der Waals surface area contributed by atoms with Crippen LogP contribution in [0.1, 0.15) is 18.1 Å². The van der Waals surface area contributed by atoms with Gasteiger partial charge in [-0.2, -0.15) is 0 Å². The van der Waals surface area contributed by atoms with Crippen molar-refractivity contribution >= 4 is 10.9 Å². The number of nitrogens with zero attached hydrogens (tertiary/aromatic N) is 2. The highest BCUT2D eigenvalue weighted by Gasteiger charge is 2.14. The van der Waals surface area contributed by atoms with E-state index in [1.165, 1.54) is 4.57 Å². The Morgan fingerprint density at radius 3 is 2.11 bits per heavy atom. The largest absolute Gasteiger partial charge is 0.336 e. The molecule has 0 saturated heterocycles. The lowest BCUT2D eigenvalue weighted by molar-refractivity contribution is 0.714. The molecule has 0 bridgehead atoms. The van der Waals surface area contributed by atoms with Gasteiger partial charge in [0.1, 0.15) is 0 Å². The number of rotatable bonds is 4. The van der Waals surface area contributed by atoms with Crippen molar-refractivity contribution in [1.82, 2.24) is 9.13 Å². The molecule has 3 aromatic carbocycles. The summed E-state index contributed by atoms with van der Waals surface area (Å²) in [6, 6.07) is 24.7. The molecule has 0 aliphatic rings. The minimum atomic E-state index is -0.327. The molecule has 27 heavy (non-hydrogen) atoms. The van der Waals surface area contributed by atoms with Gasteiger partial charge < -0.3 is 0 Å². The zero-order valence-electron chi connectivity index (χ0n) is 15.1. The predicted octanol–water partition coefficient (Wildman–Crippen LogP) is 3.76. The summed E-state index contributed by atoms with van der Waals surface area (Å²) in [5.74, 6) is 0. The first-order chi connectivity index (χ1) is 13.2. The lowest BCUT2D eigenvalue weighted by atomic mass is 10.1. The molecule has 4 aromatic rings. The number of aromatic nitrogens is 2. The lowest BCUT2D eigenvalue weighted by Crippen LogP contribution is -2.39. The Labute approximate surface area is 157 Å². The Morgan fingerprint density at radius 2 is 1.41 bits per heavy atom. The van der Waals surface area contributed by atoms with Crippen LogP contribution >= 0.6 is 0 Å². The third kappa shape index (κ3) is 3.10. The number of benzene rings is 3. The van der Waals surface area contributed by atoms with Gasteiger partial charge in [-0.05, 0) is 41.8 Å². The van der Waals surface area contributed by atoms with Crippen LogP contribution < -0.4 is 11.2 Å². The molecule has 134 valence electrons. The van der Waals surface area contributed by atoms with Gasteiger partial charge in [0.2, 0.25) is 0 Å². The van der Waals surface area contributed by atoms with Gasteiger partial charge in [0.15, 0.2) is 0 Å². The molecule has 0 radical (unpaired) electrons. The Hall–Kier alpha value is -3.40. The topological polar surface area (TPSA) is 44.0 Å². The van der Waals surface area contributed by atoms with Crippen LogP contribution in [0.5, 0.6) is 0 Å². The van der Waals surface area contributed by atoms with E-state index in [2.05, 4.69) is 6.92 Å². The van der Waals surface area contributed by atoms with Crippen LogP contribution in [0.3, 0.4) is 0 Å². The first kappa shape index (κ1) is 17.0. The predicted molar refractivity (Wildman–Crippen MR) is 109 cm³/mol. The Kier molecular flexibility index (Phi) is 4.47. The number of hydrogen-bond donors (Lipinski definition) is 0. The molecule has 0 atom stereocenters. The zero-order valence-corrected chi connectivity index (χ0v) is 15.1. The van der Waals surface area contributed by atoms with Gasteiger partial charge in [-0.25, -0.2) is 9.36 Å². The van der Waals surface area contributed by atoms with Gasteiger partial charge in [-0.3, -0.25) is 9.36 Å². The van der Waals surface area contributed by atoms with E-state index >= 15 is 0 Å². The standard InChI is InChI=1S/C23H20N2O2/c1-2-17-12-14-19(15-13-17)25-22(26)20-10-6-7-11-21(20)24(23(25)27)16-18-8-4-3-5-9-18/h3-15H,2,16H2,1H3. The molecule has 0 unspecified atom stereocenters. The van der Waals surface area contributed by atoms with Gasteiger partial charge >= 0.3 is 5.69 Å². The van der Waals surface area contributed by atoms with E-state index in [0.29, 0.717) is 23.1 Å². The first-order valence-electron chi connectivity index (χ1n) is 9.07. The van der Waals surface area contributed by atoms with Crippen molar-refractivity contribution in [2.24, 2.45) is 0 Å². The van der Waals surface area contributed by atoms with Crippen LogP contribution in [0.4, 0.5) is 0 Å². The molecule has 0 aliphatic heterocycles. The molecule has 0 amide bonds. The van der Waals surface area contributed by atoms with E-state index in [1.54, 1.807) is 10.6 Å². The van der Waals surface area contributed by atoms with Gasteiger partial charge in [0.25, 0.3) is 5.56 Å². The number of fused-ring (bicyclic) bond motifs is 1. The SMILES string of the molecule is CCc1ccc(-n2c(=O)c3ccccc3n(Cc3ccccc3)c2=O)cc1. The van der Waals surface area contributed by atoms with Crippen LogP contribution in [-0.4, -0.2) is 9.13 Å². The minimum Gasteiger partial charge on any atom is -0.288 e. The second-order valence-corrected chi connectivity index (χ2v) is 6.53. The summed E-state index contributed by atoms with van der Waals surface area (Å²) in [6.07, 6.45) is 0.908. The highest BCUT2D eigenvalue weighted by Crippen LogP contribution is 2.13. The molecular formula is C23H20N2O2. The summed E-state index contributed by atoms with van der Waals surface area (Å²) in [6.45, 7) is 2.48. The maximum Gasteiger partial charge on any atom is 0.336 e. The van der Waals surface area contributed by atoms with Crippen LogP contribution in [0.2, 0.25) is 0 Å². The average Bonchev–Trinajstić information content (AvgIpc) is 2.72. The molecule has 1 heterocycles. The van der Waals surface area contributed by atoms with E-state index in [1.807, 2.05) is 72.8 Å². The molecular weight excluding hydrogens is 336 g/mol. The van der Waals surface area contributed by atoms with Crippen LogP contribution in [-0.2, 0) is 13.0 Å². The summed E-state index contributed by atoms with van der Waals surface area (Å²) < 4.78 is 2.94. The van der Waals surface area contributed by atoms with Gasteiger partial charge in [0.05, 0.1) is 23.1 Å². The molecule has 0 N–H and O–H groups in total. The highest BCUT2D eigenvalue weighted by molar-refractivity contribution is 5.78. The maximum absolute atomic E-state index is 13.3. The third-order valence-electron chi connectivity index (χ3n) is 4.84. The van der Waals surface area contributed by atoms with Crippen LogP contribution in [0.15, 0.2) is 88.5 Å². The van der Waals surface area contributed by atoms with E-state index < -0.39 is 0 Å². The van der Waals surface area contributed by atoms with E-state index in [0.717, 1.165) is 17.5 Å². The van der Waals surface area contributed by atoms with Gasteiger partial charge in [-0.1, -0.05) is 61.5 Å². The van der Waals surface area contributed by atoms with Crippen molar-refractivity contribution in [3.05, 3.63) is 111 Å². The highest BCUT2D eigenvalue weighted by atomic mass is 16.2. The fourth-order valence-corrected chi connectivity index (χ4v) is 3.35. The molecule has 4 rings (SSSR count). The van der Waals surface area contributed by atoms with E-state index in [4.69, 9.17) is 0 Å². The normalized spacial score (nSPS) is 11.0. The molecule has 0 saturated carbocycles. The van der Waals surface area contributed by atoms with E-state index in [9.17, 15) is 9.59 Å². The number of hydrogen-bond acceptors (Lipinski definition) is 2. The molecule has 0 fully saturated rings. The summed E-state index contributed by atoms with van der Waals surface area (Å²) >= 11 is 0. The summed E-state index contributed by atoms with van der Waals surface area (Å²) in [5.41, 5.74) is 2.80. The number of aryl methyl sites for hydroxylation is 1. The van der Waals surface area contributed by atoms with Crippen molar-refractivity contribution in [3.63, 3.8) is 0 Å². The summed E-state index contributed by atoms with van der Waals surface area (Å²) in [7, 11) is 0. The van der Waals surface area contributed by atoms with E-state index in [-0.39, 0.29) is 11.2 Å². The second-order valence-electron chi connectivity index (χ2n) is 6.53. The average molecular weight is 356 g/mol. The van der Waals surface area contributed by atoms with Crippen molar-refractivity contribution in [2.45, 2.75) is 19.9 Å². The molecule has 4 heteroatoms. The molecule has 4 nitrogen and oxygen atoms in total. The minimum absolute atomic E-state index is 0.288. The lowest BCUT2D eigenvalue weighted by Gasteiger charge is -2.14. The Balaban J connectivity index is 1.99. The smallest absolute Gasteiger partial charge is 0.288 e. The van der Waals surface area contributed by atoms with Crippen molar-refractivity contribution in [3.8, 4) is 5.69 Å². The zero-order chi connectivity index (χ0) is 18.8. The monoisotopic (exact) mass is 356 g/mol. The van der Waals surface area contributed by atoms with Crippen molar-refractivity contribution < 1.29 is 0 Å². The first-order valence-corrected chi connectivity index (χ1v) is 9.07. The Morgan fingerprint density at radius 1 is 0.741 bits per heavy atom. The van der Waals surface area contributed by atoms with Gasteiger partial charge in [0, 0.05) is 0 Å². The van der Waals surface area contributed by atoms with Crippen molar-refractivity contribution in [1.29, 1.82) is 0 Å². The van der Waals surface area contributed by atoms with Crippen LogP contribution in [0, 0.1) is 0 Å². The fraction of sp³-hybridized carbons (Fsp3) is 0.130. The second kappa shape index (κ2) is 7.08. The van der Waals surface area contributed by atoms with Crippen LogP contribution in [0.25, 0.3) is 16.6 Å². The van der Waals surface area contributed by atoms with Gasteiger partial charge in [-0.15, -0.1) is 0 Å². The fourth-order valence-electron chi connectivity index (χ4n) is 3.35. The third-order valence-corrected chi connectivity index (χ3v) is 4.84. The summed E-state index contributed by atoms with van der Waals surface area (Å²) in [4.78, 5) is 26.3.